The number of hydrogen-bond donors (Lipinski definition) is 2. The van der Waals surface area contributed by atoms with Crippen molar-refractivity contribution in [1.29, 1.82) is 0 Å². The molecule has 12 heteroatoms. The SMILES string of the molecule is CCN1CCC(c2ccc(Nc3ncc4c(=O)c(C(=O)NOC)cn(-c5ccc(C(F)(F)F)cc5)c4n3)cc2)CC1. The van der Waals surface area contributed by atoms with Crippen molar-refractivity contribution in [2.45, 2.75) is 31.9 Å². The van der Waals surface area contributed by atoms with Crippen LogP contribution in [0.4, 0.5) is 24.8 Å². The van der Waals surface area contributed by atoms with Crippen LogP contribution in [0.3, 0.4) is 0 Å². The fourth-order valence-electron chi connectivity index (χ4n) is 5.04. The van der Waals surface area contributed by atoms with E-state index in [4.69, 9.17) is 0 Å². The van der Waals surface area contributed by atoms with E-state index in [1.165, 1.54) is 41.8 Å². The molecule has 2 aromatic carbocycles. The smallest absolute Gasteiger partial charge is 0.324 e. The highest BCUT2D eigenvalue weighted by Crippen LogP contribution is 2.31. The number of amides is 1. The number of nitrogens with zero attached hydrogens (tertiary/aromatic N) is 4. The molecule has 1 amide bonds. The Morgan fingerprint density at radius 2 is 1.76 bits per heavy atom. The number of fused-ring (bicyclic) bond motifs is 1. The van der Waals surface area contributed by atoms with Gasteiger partial charge in [-0.1, -0.05) is 19.1 Å². The maximum absolute atomic E-state index is 13.2. The lowest BCUT2D eigenvalue weighted by Crippen LogP contribution is -2.32. The van der Waals surface area contributed by atoms with E-state index < -0.39 is 23.1 Å². The Morgan fingerprint density at radius 3 is 2.37 bits per heavy atom. The number of hydroxylamine groups is 1. The lowest BCUT2D eigenvalue weighted by molar-refractivity contribution is -0.137. The Balaban J connectivity index is 1.49. The molecule has 2 N–H and O–H groups in total. The fraction of sp³-hybridized carbons (Fsp3) is 0.310. The Kier molecular flexibility index (Phi) is 8.04. The van der Waals surface area contributed by atoms with Crippen LogP contribution in [0.5, 0.6) is 0 Å². The predicted molar refractivity (Wildman–Crippen MR) is 148 cm³/mol. The van der Waals surface area contributed by atoms with E-state index in [9.17, 15) is 22.8 Å². The van der Waals surface area contributed by atoms with Gasteiger partial charge in [-0.05, 0) is 80.4 Å². The first kappa shape index (κ1) is 28.2. The Hall–Kier alpha value is -4.29. The molecule has 9 nitrogen and oxygen atoms in total. The molecule has 1 saturated heterocycles. The van der Waals surface area contributed by atoms with Crippen LogP contribution >= 0.6 is 0 Å². The average molecular weight is 567 g/mol. The van der Waals surface area contributed by atoms with Gasteiger partial charge in [0.2, 0.25) is 11.4 Å². The largest absolute Gasteiger partial charge is 0.416 e. The van der Waals surface area contributed by atoms with Gasteiger partial charge in [0.05, 0.1) is 18.1 Å². The van der Waals surface area contributed by atoms with Gasteiger partial charge in [-0.25, -0.2) is 10.5 Å². The Morgan fingerprint density at radius 1 is 1.07 bits per heavy atom. The number of rotatable bonds is 7. The monoisotopic (exact) mass is 566 g/mol. The normalized spacial score (nSPS) is 14.8. The van der Waals surface area contributed by atoms with Crippen LogP contribution in [0, 0.1) is 0 Å². The number of halogens is 3. The van der Waals surface area contributed by atoms with E-state index in [1.54, 1.807) is 0 Å². The number of piperidine rings is 1. The lowest BCUT2D eigenvalue weighted by Gasteiger charge is -2.31. The Labute approximate surface area is 233 Å². The van der Waals surface area contributed by atoms with Crippen molar-refractivity contribution < 1.29 is 22.8 Å². The molecule has 0 atom stereocenters. The first-order chi connectivity index (χ1) is 19.7. The number of carbonyl (C=O) groups excluding carboxylic acids is 1. The molecular weight excluding hydrogens is 537 g/mol. The molecule has 0 aliphatic carbocycles. The van der Waals surface area contributed by atoms with Crippen molar-refractivity contribution in [2.24, 2.45) is 0 Å². The number of nitrogens with one attached hydrogen (secondary N) is 2. The van der Waals surface area contributed by atoms with Crippen molar-refractivity contribution >= 4 is 28.6 Å². The second kappa shape index (κ2) is 11.7. The molecule has 1 aliphatic rings. The Bertz CT molecular complexity index is 1600. The van der Waals surface area contributed by atoms with Gasteiger partial charge >= 0.3 is 6.18 Å². The lowest BCUT2D eigenvalue weighted by atomic mass is 9.89. The van der Waals surface area contributed by atoms with Crippen LogP contribution < -0.4 is 16.2 Å². The minimum atomic E-state index is -4.52. The summed E-state index contributed by atoms with van der Waals surface area (Å²) in [4.78, 5) is 41.5. The number of anilines is 2. The summed E-state index contributed by atoms with van der Waals surface area (Å²) in [6.07, 6.45) is 0.208. The van der Waals surface area contributed by atoms with Crippen LogP contribution in [0.15, 0.2) is 65.7 Å². The van der Waals surface area contributed by atoms with Gasteiger partial charge in [0.1, 0.15) is 5.56 Å². The summed E-state index contributed by atoms with van der Waals surface area (Å²) in [6.45, 7) is 5.41. The zero-order chi connectivity index (χ0) is 29.1. The minimum absolute atomic E-state index is 0.00738. The first-order valence-corrected chi connectivity index (χ1v) is 13.2. The molecule has 0 unspecified atom stereocenters. The van der Waals surface area contributed by atoms with Crippen molar-refractivity contribution in [3.63, 3.8) is 0 Å². The number of hydrogen-bond acceptors (Lipinski definition) is 7. The number of pyridine rings is 1. The maximum Gasteiger partial charge on any atom is 0.416 e. The van der Waals surface area contributed by atoms with Gasteiger partial charge in [-0.3, -0.25) is 14.4 Å². The highest BCUT2D eigenvalue weighted by atomic mass is 19.4. The molecule has 0 spiro atoms. The number of aromatic nitrogens is 3. The van der Waals surface area contributed by atoms with Gasteiger partial charge in [-0.2, -0.15) is 18.2 Å². The van der Waals surface area contributed by atoms with E-state index in [0.717, 1.165) is 50.3 Å². The number of alkyl halides is 3. The average Bonchev–Trinajstić information content (AvgIpc) is 2.97. The topological polar surface area (TPSA) is 101 Å². The summed E-state index contributed by atoms with van der Waals surface area (Å²) >= 11 is 0. The van der Waals surface area contributed by atoms with Gasteiger partial charge in [0.25, 0.3) is 5.91 Å². The van der Waals surface area contributed by atoms with Gasteiger partial charge in [-0.15, -0.1) is 0 Å². The molecule has 3 heterocycles. The van der Waals surface area contributed by atoms with Crippen LogP contribution in [-0.4, -0.2) is 52.1 Å². The van der Waals surface area contributed by atoms with Crippen molar-refractivity contribution in [2.75, 3.05) is 32.1 Å². The third kappa shape index (κ3) is 6.08. The summed E-state index contributed by atoms with van der Waals surface area (Å²) in [5.74, 6) is -0.134. The van der Waals surface area contributed by atoms with E-state index in [-0.39, 0.29) is 28.2 Å². The van der Waals surface area contributed by atoms with Gasteiger partial charge in [0, 0.05) is 23.8 Å². The van der Waals surface area contributed by atoms with E-state index in [1.807, 2.05) is 12.1 Å². The van der Waals surface area contributed by atoms with Crippen molar-refractivity contribution in [1.82, 2.24) is 24.9 Å². The van der Waals surface area contributed by atoms with E-state index in [2.05, 4.69) is 49.6 Å². The van der Waals surface area contributed by atoms with Crippen LogP contribution in [0.1, 0.15) is 47.2 Å². The number of likely N-dealkylation sites (tertiary alicyclic amines) is 1. The van der Waals surface area contributed by atoms with Crippen LogP contribution in [-0.2, 0) is 11.0 Å². The molecule has 0 saturated carbocycles. The quantitative estimate of drug-likeness (QED) is 0.303. The molecule has 4 aromatic rings. The molecule has 2 aromatic heterocycles. The van der Waals surface area contributed by atoms with Gasteiger partial charge < -0.3 is 14.8 Å². The van der Waals surface area contributed by atoms with Gasteiger partial charge in [0.15, 0.2) is 5.65 Å². The molecule has 5 rings (SSSR count). The maximum atomic E-state index is 13.2. The molecule has 0 radical (unpaired) electrons. The second-order valence-corrected chi connectivity index (χ2v) is 9.81. The minimum Gasteiger partial charge on any atom is -0.324 e. The summed E-state index contributed by atoms with van der Waals surface area (Å²) in [7, 11) is 1.22. The standard InChI is InChI=1S/C29H29F3N6O3/c1-3-37-14-12-19(13-15-37)18-4-8-21(9-5-18)34-28-33-16-23-25(39)24(27(40)36-41-2)17-38(26(23)35-28)22-10-6-20(7-11-22)29(30,31)32/h4-11,16-17,19H,3,12-15H2,1-2H3,(H,36,40)(H,33,34,35). The molecule has 1 fully saturated rings. The predicted octanol–water partition coefficient (Wildman–Crippen LogP) is 5.03. The second-order valence-electron chi connectivity index (χ2n) is 9.81. The molecule has 0 bridgehead atoms. The fourth-order valence-corrected chi connectivity index (χ4v) is 5.04. The highest BCUT2D eigenvalue weighted by Gasteiger charge is 2.30. The third-order valence-corrected chi connectivity index (χ3v) is 7.33. The first-order valence-electron chi connectivity index (χ1n) is 13.2. The van der Waals surface area contributed by atoms with Crippen LogP contribution in [0.25, 0.3) is 16.7 Å². The third-order valence-electron chi connectivity index (χ3n) is 7.33. The van der Waals surface area contributed by atoms with E-state index in [0.29, 0.717) is 5.92 Å². The molecule has 214 valence electrons. The van der Waals surface area contributed by atoms with Crippen LogP contribution in [0.2, 0.25) is 0 Å². The summed E-state index contributed by atoms with van der Waals surface area (Å²) < 4.78 is 40.8. The molecular formula is C29H29F3N6O3. The number of carbonyl (C=O) groups is 1. The molecule has 41 heavy (non-hydrogen) atoms. The number of benzene rings is 2. The zero-order valence-electron chi connectivity index (χ0n) is 22.5. The van der Waals surface area contributed by atoms with Crippen molar-refractivity contribution in [3.8, 4) is 5.69 Å². The zero-order valence-corrected chi connectivity index (χ0v) is 22.5. The summed E-state index contributed by atoms with van der Waals surface area (Å²) in [5, 5.41) is 3.14. The van der Waals surface area contributed by atoms with Crippen molar-refractivity contribution in [3.05, 3.63) is 87.8 Å². The highest BCUT2D eigenvalue weighted by molar-refractivity contribution is 5.96. The van der Waals surface area contributed by atoms with E-state index >= 15 is 0 Å². The summed E-state index contributed by atoms with van der Waals surface area (Å²) in [6, 6.07) is 12.4. The summed E-state index contributed by atoms with van der Waals surface area (Å²) in [5.41, 5.74) is 2.70. The molecule has 1 aliphatic heterocycles.